The maximum atomic E-state index is 12.3. The van der Waals surface area contributed by atoms with E-state index >= 15 is 0 Å². The average Bonchev–Trinajstić information content (AvgIpc) is 3.26. The number of likely N-dealkylation sites (tertiary alicyclic amines) is 1. The number of ether oxygens (including phenoxy) is 1. The summed E-state index contributed by atoms with van der Waals surface area (Å²) in [7, 11) is 0. The van der Waals surface area contributed by atoms with Gasteiger partial charge in [-0.1, -0.05) is 12.1 Å². The third-order valence-corrected chi connectivity index (χ3v) is 3.89. The average molecular weight is 313 g/mol. The fourth-order valence-corrected chi connectivity index (χ4v) is 2.67. The molecule has 1 aromatic heterocycles. The molecule has 0 radical (unpaired) electrons. The first-order chi connectivity index (χ1) is 11.2. The van der Waals surface area contributed by atoms with Crippen molar-refractivity contribution in [2.75, 3.05) is 19.7 Å². The second kappa shape index (κ2) is 6.64. The van der Waals surface area contributed by atoms with Gasteiger partial charge in [-0.15, -0.1) is 0 Å². The van der Waals surface area contributed by atoms with Crippen molar-refractivity contribution in [3.8, 4) is 11.3 Å². The Balaban J connectivity index is 1.74. The number of hydrogen-bond donors (Lipinski definition) is 1. The van der Waals surface area contributed by atoms with Gasteiger partial charge in [-0.25, -0.2) is 4.79 Å². The zero-order valence-electron chi connectivity index (χ0n) is 13.0. The summed E-state index contributed by atoms with van der Waals surface area (Å²) < 4.78 is 4.92. The van der Waals surface area contributed by atoms with Crippen LogP contribution in [-0.2, 0) is 4.74 Å². The Hall–Kier alpha value is -2.63. The minimum atomic E-state index is -0.424. The first-order valence-corrected chi connectivity index (χ1v) is 7.81. The third-order valence-electron chi connectivity index (χ3n) is 3.89. The Morgan fingerprint density at radius 1 is 1.22 bits per heavy atom. The van der Waals surface area contributed by atoms with E-state index in [1.165, 1.54) is 0 Å². The number of nitrogens with zero attached hydrogens (tertiary/aromatic N) is 2. The van der Waals surface area contributed by atoms with E-state index in [9.17, 15) is 9.59 Å². The first kappa shape index (κ1) is 15.3. The Labute approximate surface area is 134 Å². The van der Waals surface area contributed by atoms with Crippen molar-refractivity contribution in [3.05, 3.63) is 41.6 Å². The second-order valence-corrected chi connectivity index (χ2v) is 5.46. The van der Waals surface area contributed by atoms with Crippen LogP contribution in [0, 0.1) is 0 Å². The summed E-state index contributed by atoms with van der Waals surface area (Å²) in [4.78, 5) is 25.8. The van der Waals surface area contributed by atoms with E-state index in [2.05, 4.69) is 10.2 Å². The van der Waals surface area contributed by atoms with Crippen LogP contribution in [0.25, 0.3) is 11.3 Å². The van der Waals surface area contributed by atoms with Gasteiger partial charge in [-0.3, -0.25) is 9.89 Å². The Morgan fingerprint density at radius 2 is 1.91 bits per heavy atom. The smallest absolute Gasteiger partial charge is 0.356 e. The van der Waals surface area contributed by atoms with Crippen LogP contribution in [-0.4, -0.2) is 46.7 Å². The molecule has 1 aliphatic heterocycles. The fourth-order valence-electron chi connectivity index (χ4n) is 2.67. The van der Waals surface area contributed by atoms with E-state index in [0.29, 0.717) is 23.6 Å². The molecule has 1 amide bonds. The molecule has 0 atom stereocenters. The van der Waals surface area contributed by atoms with Crippen LogP contribution in [0.2, 0.25) is 0 Å². The van der Waals surface area contributed by atoms with Crippen molar-refractivity contribution in [1.82, 2.24) is 15.1 Å². The Kier molecular flexibility index (Phi) is 4.41. The Bertz CT molecular complexity index is 700. The summed E-state index contributed by atoms with van der Waals surface area (Å²) in [5.74, 6) is -0.352. The predicted molar refractivity (Wildman–Crippen MR) is 85.1 cm³/mol. The van der Waals surface area contributed by atoms with Crippen molar-refractivity contribution in [2.24, 2.45) is 0 Å². The normalized spacial score (nSPS) is 14.0. The minimum absolute atomic E-state index is 0.0725. The van der Waals surface area contributed by atoms with Crippen LogP contribution in [0.4, 0.5) is 0 Å². The number of nitrogens with one attached hydrogen (secondary N) is 1. The van der Waals surface area contributed by atoms with Gasteiger partial charge in [0.15, 0.2) is 0 Å². The van der Waals surface area contributed by atoms with Gasteiger partial charge in [0.2, 0.25) is 0 Å². The molecule has 23 heavy (non-hydrogen) atoms. The molecule has 1 saturated heterocycles. The Morgan fingerprint density at radius 3 is 2.57 bits per heavy atom. The maximum Gasteiger partial charge on any atom is 0.356 e. The minimum Gasteiger partial charge on any atom is -0.461 e. The van der Waals surface area contributed by atoms with Crippen LogP contribution in [0.5, 0.6) is 0 Å². The highest BCUT2D eigenvalue weighted by Crippen LogP contribution is 2.20. The second-order valence-electron chi connectivity index (χ2n) is 5.46. The standard InChI is InChI=1S/C17H19N3O3/c1-2-23-17(22)15-11-14(18-19-15)12-5-7-13(8-6-12)16(21)20-9-3-4-10-20/h5-8,11H,2-4,9-10H2,1H3,(H,18,19). The molecule has 1 N–H and O–H groups in total. The molecule has 120 valence electrons. The van der Waals surface area contributed by atoms with E-state index in [4.69, 9.17) is 4.74 Å². The van der Waals surface area contributed by atoms with Crippen molar-refractivity contribution in [1.29, 1.82) is 0 Å². The summed E-state index contributed by atoms with van der Waals surface area (Å²) >= 11 is 0. The molecule has 2 heterocycles. The monoisotopic (exact) mass is 313 g/mol. The van der Waals surface area contributed by atoms with Crippen molar-refractivity contribution in [3.63, 3.8) is 0 Å². The van der Waals surface area contributed by atoms with E-state index < -0.39 is 5.97 Å². The molecule has 2 aromatic rings. The quantitative estimate of drug-likeness (QED) is 0.880. The summed E-state index contributed by atoms with van der Waals surface area (Å²) in [6.07, 6.45) is 2.15. The molecule has 0 bridgehead atoms. The first-order valence-electron chi connectivity index (χ1n) is 7.81. The summed E-state index contributed by atoms with van der Waals surface area (Å²) in [6.45, 7) is 3.75. The van der Waals surface area contributed by atoms with Crippen LogP contribution in [0.1, 0.15) is 40.6 Å². The number of carbonyl (C=O) groups excluding carboxylic acids is 2. The number of hydrogen-bond acceptors (Lipinski definition) is 4. The maximum absolute atomic E-state index is 12.3. The number of H-pyrrole nitrogens is 1. The van der Waals surface area contributed by atoms with E-state index in [0.717, 1.165) is 31.5 Å². The molecule has 0 unspecified atom stereocenters. The number of aromatic amines is 1. The number of benzene rings is 1. The largest absolute Gasteiger partial charge is 0.461 e. The number of aromatic nitrogens is 2. The highest BCUT2D eigenvalue weighted by molar-refractivity contribution is 5.95. The molecule has 0 spiro atoms. The van der Waals surface area contributed by atoms with Gasteiger partial charge in [0.05, 0.1) is 12.3 Å². The van der Waals surface area contributed by atoms with Crippen LogP contribution in [0.3, 0.4) is 0 Å². The van der Waals surface area contributed by atoms with Crippen molar-refractivity contribution < 1.29 is 14.3 Å². The lowest BCUT2D eigenvalue weighted by Crippen LogP contribution is -2.27. The molecule has 1 fully saturated rings. The molecule has 1 aliphatic rings. The molecule has 6 nitrogen and oxygen atoms in total. The number of amides is 1. The number of carbonyl (C=O) groups is 2. The molecule has 6 heteroatoms. The van der Waals surface area contributed by atoms with E-state index in [1.54, 1.807) is 25.1 Å². The molecular formula is C17H19N3O3. The SMILES string of the molecule is CCOC(=O)c1cc(-c2ccc(C(=O)N3CCCC3)cc2)n[nH]1. The number of esters is 1. The zero-order valence-corrected chi connectivity index (χ0v) is 13.0. The molecule has 0 aliphatic carbocycles. The highest BCUT2D eigenvalue weighted by atomic mass is 16.5. The topological polar surface area (TPSA) is 75.3 Å². The van der Waals surface area contributed by atoms with Gasteiger partial charge in [0, 0.05) is 24.2 Å². The van der Waals surface area contributed by atoms with Crippen LogP contribution >= 0.6 is 0 Å². The van der Waals surface area contributed by atoms with Gasteiger partial charge >= 0.3 is 5.97 Å². The lowest BCUT2D eigenvalue weighted by Gasteiger charge is -2.15. The molecule has 1 aromatic carbocycles. The van der Waals surface area contributed by atoms with E-state index in [1.807, 2.05) is 17.0 Å². The molecule has 3 rings (SSSR count). The predicted octanol–water partition coefficient (Wildman–Crippen LogP) is 2.49. The van der Waals surface area contributed by atoms with Crippen LogP contribution in [0.15, 0.2) is 30.3 Å². The van der Waals surface area contributed by atoms with Gasteiger partial charge in [-0.2, -0.15) is 5.10 Å². The summed E-state index contributed by atoms with van der Waals surface area (Å²) in [6, 6.07) is 8.93. The van der Waals surface area contributed by atoms with Crippen LogP contribution < -0.4 is 0 Å². The fraction of sp³-hybridized carbons (Fsp3) is 0.353. The van der Waals surface area contributed by atoms with Crippen molar-refractivity contribution >= 4 is 11.9 Å². The number of rotatable bonds is 4. The lowest BCUT2D eigenvalue weighted by molar-refractivity contribution is 0.0519. The zero-order chi connectivity index (χ0) is 16.2. The van der Waals surface area contributed by atoms with Gasteiger partial charge < -0.3 is 9.64 Å². The lowest BCUT2D eigenvalue weighted by atomic mass is 10.1. The van der Waals surface area contributed by atoms with E-state index in [-0.39, 0.29) is 5.91 Å². The third kappa shape index (κ3) is 3.26. The van der Waals surface area contributed by atoms with Gasteiger partial charge in [0.1, 0.15) is 5.69 Å². The van der Waals surface area contributed by atoms with Gasteiger partial charge in [-0.05, 0) is 38.0 Å². The summed E-state index contributed by atoms with van der Waals surface area (Å²) in [5, 5.41) is 6.79. The molecular weight excluding hydrogens is 294 g/mol. The highest BCUT2D eigenvalue weighted by Gasteiger charge is 2.19. The summed E-state index contributed by atoms with van der Waals surface area (Å²) in [5.41, 5.74) is 2.49. The van der Waals surface area contributed by atoms with Crippen molar-refractivity contribution in [2.45, 2.75) is 19.8 Å². The van der Waals surface area contributed by atoms with Gasteiger partial charge in [0.25, 0.3) is 5.91 Å². The molecule has 0 saturated carbocycles.